The number of hydrogen-bond acceptors (Lipinski definition) is 8. The molecule has 2 amide bonds. The van der Waals surface area contributed by atoms with Crippen molar-refractivity contribution in [3.63, 3.8) is 0 Å². The lowest BCUT2D eigenvalue weighted by molar-refractivity contribution is -0.132. The van der Waals surface area contributed by atoms with Gasteiger partial charge < -0.3 is 9.80 Å². The number of carbonyl (C=O) groups excluding carboxylic acids is 8. The molecule has 0 fully saturated rings. The summed E-state index contributed by atoms with van der Waals surface area (Å²) >= 11 is 0. The quantitative estimate of drug-likeness (QED) is 0.552. The molecule has 10 nitrogen and oxygen atoms in total. The number of rotatable bonds is 6. The third-order valence-electron chi connectivity index (χ3n) is 5.77. The summed E-state index contributed by atoms with van der Waals surface area (Å²) in [5, 5.41) is 0. The van der Waals surface area contributed by atoms with E-state index in [1.165, 1.54) is 27.9 Å². The molecule has 0 heterocycles. The third-order valence-corrected chi connectivity index (χ3v) is 5.77. The van der Waals surface area contributed by atoms with Gasteiger partial charge in [0, 0.05) is 50.2 Å². The maximum absolute atomic E-state index is 12.8. The van der Waals surface area contributed by atoms with E-state index in [-0.39, 0.29) is 22.3 Å². The second-order valence-electron chi connectivity index (χ2n) is 7.95. The molecule has 0 N–H and O–H groups in total. The predicted octanol–water partition coefficient (Wildman–Crippen LogP) is -0.228. The van der Waals surface area contributed by atoms with Crippen molar-refractivity contribution in [1.29, 1.82) is 0 Å². The molecule has 3 rings (SSSR count). The molecule has 0 radical (unpaired) electrons. The van der Waals surface area contributed by atoms with Gasteiger partial charge in [0.15, 0.2) is 34.7 Å². The van der Waals surface area contributed by atoms with Gasteiger partial charge in [0.05, 0.1) is 13.1 Å². The van der Waals surface area contributed by atoms with Crippen LogP contribution in [0.25, 0.3) is 0 Å². The topological polar surface area (TPSA) is 143 Å². The van der Waals surface area contributed by atoms with E-state index in [1.54, 1.807) is 0 Å². The average molecular weight is 440 g/mol. The molecule has 0 aromatic heterocycles. The Morgan fingerprint density at radius 2 is 0.875 bits per heavy atom. The van der Waals surface area contributed by atoms with Gasteiger partial charge in [-0.3, -0.25) is 38.4 Å². The lowest BCUT2D eigenvalue weighted by Crippen LogP contribution is -2.37. The Labute approximate surface area is 182 Å². The van der Waals surface area contributed by atoms with Gasteiger partial charge in [0.25, 0.3) is 0 Å². The highest BCUT2D eigenvalue weighted by molar-refractivity contribution is 6.40. The third kappa shape index (κ3) is 3.57. The molecule has 0 unspecified atom stereocenters. The highest BCUT2D eigenvalue weighted by Crippen LogP contribution is 2.35. The highest BCUT2D eigenvalue weighted by atomic mass is 16.2. The molecule has 0 saturated heterocycles. The first-order valence-electron chi connectivity index (χ1n) is 9.70. The van der Waals surface area contributed by atoms with E-state index >= 15 is 0 Å². The van der Waals surface area contributed by atoms with Crippen LogP contribution in [-0.4, -0.2) is 83.5 Å². The SMILES string of the molecule is CC(=O)N(C)CC(=O)C1C(=O)c2cc3c(cc2C1=O)C(=O)C(C(=O)CN(C)C(C)=O)C3=O. The fraction of sp³-hybridized carbons (Fsp3) is 0.364. The molecular formula is C22H20N2O8. The number of ketones is 6. The Bertz CT molecular complexity index is 1010. The number of amides is 2. The Morgan fingerprint density at radius 3 is 1.09 bits per heavy atom. The van der Waals surface area contributed by atoms with Gasteiger partial charge in [0.2, 0.25) is 11.8 Å². The van der Waals surface area contributed by atoms with E-state index in [4.69, 9.17) is 0 Å². The predicted molar refractivity (Wildman–Crippen MR) is 107 cm³/mol. The van der Waals surface area contributed by atoms with Crippen molar-refractivity contribution in [3.05, 3.63) is 34.4 Å². The average Bonchev–Trinajstić information content (AvgIpc) is 3.10. The molecule has 0 saturated carbocycles. The lowest BCUT2D eigenvalue weighted by atomic mass is 9.96. The molecule has 0 bridgehead atoms. The van der Waals surface area contributed by atoms with E-state index in [2.05, 4.69) is 0 Å². The van der Waals surface area contributed by atoms with Crippen LogP contribution in [0, 0.1) is 11.8 Å². The summed E-state index contributed by atoms with van der Waals surface area (Å²) in [5.41, 5.74) is -0.694. The van der Waals surface area contributed by atoms with Crippen LogP contribution in [0.1, 0.15) is 55.3 Å². The molecule has 1 aromatic rings. The standard InChI is InChI=1S/C22H20N2O8/c1-9(25)23(3)7-15(27)17-19(29)11-5-13-14(6-12(11)20(17)30)22(32)18(21(13)31)16(28)8-24(4)10(2)26/h5-6,17-18H,7-8H2,1-4H3. The molecule has 2 aliphatic carbocycles. The maximum Gasteiger partial charge on any atom is 0.219 e. The first-order valence-corrected chi connectivity index (χ1v) is 9.70. The summed E-state index contributed by atoms with van der Waals surface area (Å²) in [5.74, 6) is -8.96. The number of nitrogens with zero attached hydrogens (tertiary/aromatic N) is 2. The Kier molecular flexibility index (Phi) is 5.73. The summed E-state index contributed by atoms with van der Waals surface area (Å²) in [6.45, 7) is 1.58. The van der Waals surface area contributed by atoms with Crippen LogP contribution in [0.4, 0.5) is 0 Å². The van der Waals surface area contributed by atoms with Crippen molar-refractivity contribution in [2.75, 3.05) is 27.2 Å². The van der Waals surface area contributed by atoms with Crippen LogP contribution < -0.4 is 0 Å². The van der Waals surface area contributed by atoms with E-state index in [0.29, 0.717) is 0 Å². The van der Waals surface area contributed by atoms with Crippen LogP contribution in [0.5, 0.6) is 0 Å². The molecule has 0 atom stereocenters. The van der Waals surface area contributed by atoms with Crippen molar-refractivity contribution >= 4 is 46.5 Å². The van der Waals surface area contributed by atoms with Gasteiger partial charge in [-0.05, 0) is 12.1 Å². The molecule has 166 valence electrons. The highest BCUT2D eigenvalue weighted by Gasteiger charge is 2.48. The number of Topliss-reactive ketones (excluding diaryl/α,β-unsaturated/α-hetero) is 6. The minimum atomic E-state index is -1.65. The smallest absolute Gasteiger partial charge is 0.219 e. The minimum Gasteiger partial charge on any atom is -0.339 e. The summed E-state index contributed by atoms with van der Waals surface area (Å²) in [6.07, 6.45) is 0. The number of benzene rings is 1. The van der Waals surface area contributed by atoms with Crippen molar-refractivity contribution < 1.29 is 38.4 Å². The van der Waals surface area contributed by atoms with E-state index < -0.39 is 71.4 Å². The molecule has 1 aromatic carbocycles. The van der Waals surface area contributed by atoms with E-state index in [0.717, 1.165) is 21.9 Å². The number of hydrogen-bond donors (Lipinski definition) is 0. The molecule has 32 heavy (non-hydrogen) atoms. The minimum absolute atomic E-state index is 0.173. The summed E-state index contributed by atoms with van der Waals surface area (Å²) in [4.78, 5) is 101. The van der Waals surface area contributed by atoms with Crippen molar-refractivity contribution in [2.45, 2.75) is 13.8 Å². The van der Waals surface area contributed by atoms with Gasteiger partial charge in [0.1, 0.15) is 11.8 Å². The Balaban J connectivity index is 1.92. The molecule has 2 aliphatic rings. The maximum atomic E-state index is 12.8. The zero-order valence-electron chi connectivity index (χ0n) is 17.9. The van der Waals surface area contributed by atoms with Crippen molar-refractivity contribution in [1.82, 2.24) is 9.80 Å². The van der Waals surface area contributed by atoms with Gasteiger partial charge in [-0.15, -0.1) is 0 Å². The van der Waals surface area contributed by atoms with E-state index in [9.17, 15) is 38.4 Å². The second-order valence-corrected chi connectivity index (χ2v) is 7.95. The van der Waals surface area contributed by atoms with Crippen LogP contribution in [-0.2, 0) is 19.2 Å². The molecule has 10 heteroatoms. The van der Waals surface area contributed by atoms with Crippen LogP contribution in [0.3, 0.4) is 0 Å². The zero-order chi connectivity index (χ0) is 24.1. The lowest BCUT2D eigenvalue weighted by Gasteiger charge is -2.15. The Hall–Kier alpha value is -3.82. The number of likely N-dealkylation sites (N-methyl/N-ethyl adjacent to an activating group) is 2. The zero-order valence-corrected chi connectivity index (χ0v) is 17.9. The van der Waals surface area contributed by atoms with Crippen LogP contribution in [0.2, 0.25) is 0 Å². The number of fused-ring (bicyclic) bond motifs is 2. The fourth-order valence-electron chi connectivity index (χ4n) is 3.73. The van der Waals surface area contributed by atoms with Crippen molar-refractivity contribution in [2.24, 2.45) is 11.8 Å². The number of carbonyl (C=O) groups is 8. The fourth-order valence-corrected chi connectivity index (χ4v) is 3.73. The van der Waals surface area contributed by atoms with Gasteiger partial charge in [-0.2, -0.15) is 0 Å². The normalized spacial score (nSPS) is 15.6. The van der Waals surface area contributed by atoms with Gasteiger partial charge >= 0.3 is 0 Å². The van der Waals surface area contributed by atoms with E-state index in [1.807, 2.05) is 0 Å². The van der Waals surface area contributed by atoms with Crippen LogP contribution in [0.15, 0.2) is 12.1 Å². The van der Waals surface area contributed by atoms with Crippen LogP contribution >= 0.6 is 0 Å². The van der Waals surface area contributed by atoms with Crippen molar-refractivity contribution in [3.8, 4) is 0 Å². The first-order chi connectivity index (χ1) is 14.9. The molecule has 0 spiro atoms. The summed E-state index contributed by atoms with van der Waals surface area (Å²) in [7, 11) is 2.70. The molecule has 0 aliphatic heterocycles. The molecular weight excluding hydrogens is 420 g/mol. The Morgan fingerprint density at radius 1 is 0.625 bits per heavy atom. The summed E-state index contributed by atoms with van der Waals surface area (Å²) < 4.78 is 0. The second kappa shape index (κ2) is 8.03. The monoisotopic (exact) mass is 440 g/mol. The van der Waals surface area contributed by atoms with Gasteiger partial charge in [-0.25, -0.2) is 0 Å². The first kappa shape index (κ1) is 22.9. The summed E-state index contributed by atoms with van der Waals surface area (Å²) in [6, 6.07) is 2.16. The van der Waals surface area contributed by atoms with Gasteiger partial charge in [-0.1, -0.05) is 0 Å². The largest absolute Gasteiger partial charge is 0.339 e.